The van der Waals surface area contributed by atoms with E-state index >= 15 is 4.39 Å². The van der Waals surface area contributed by atoms with E-state index in [0.717, 1.165) is 51.3 Å². The first-order chi connectivity index (χ1) is 20.9. The molecule has 0 spiro atoms. The molecule has 2 atom stereocenters. The minimum Gasteiger partial charge on any atom is -0.508 e. The molecule has 4 aliphatic heterocycles. The summed E-state index contributed by atoms with van der Waals surface area (Å²) in [4.78, 5) is 14.9. The van der Waals surface area contributed by atoms with Crippen molar-refractivity contribution in [1.29, 1.82) is 0 Å². The lowest BCUT2D eigenvalue weighted by Gasteiger charge is -2.35. The first-order valence-electron chi connectivity index (χ1n) is 15.6. The molecule has 3 aromatic carbocycles. The highest BCUT2D eigenvalue weighted by Crippen LogP contribution is 2.43. The van der Waals surface area contributed by atoms with Crippen LogP contribution in [0.5, 0.6) is 5.75 Å². The maximum absolute atomic E-state index is 16.8. The van der Waals surface area contributed by atoms with Gasteiger partial charge >= 0.3 is 0 Å². The van der Waals surface area contributed by atoms with Gasteiger partial charge < -0.3 is 15.3 Å². The van der Waals surface area contributed by atoms with Crippen LogP contribution in [0.2, 0.25) is 0 Å². The number of terminal acetylenes is 1. The number of fused-ring (bicyclic) bond motifs is 5. The second kappa shape index (κ2) is 10.1. The number of aromatic nitrogens is 2. The SMILES string of the molecule is C#Cc1c(F)ccc2cc(O)cc(-c3ccc4c(N5CC6CCC(C5)N6)nc(CCC56CCCN5CCC6)nc4c3F)c12. The summed E-state index contributed by atoms with van der Waals surface area (Å²) in [5.74, 6) is 2.77. The van der Waals surface area contributed by atoms with Gasteiger partial charge in [0.25, 0.3) is 0 Å². The fraction of sp³-hybridized carbons (Fsp3) is 0.429. The van der Waals surface area contributed by atoms with Crippen molar-refractivity contribution < 1.29 is 13.9 Å². The van der Waals surface area contributed by atoms with E-state index in [9.17, 15) is 9.50 Å². The molecular formula is C35H35F2N5O. The predicted octanol–water partition coefficient (Wildman–Crippen LogP) is 5.92. The Morgan fingerprint density at radius 2 is 1.77 bits per heavy atom. The topological polar surface area (TPSA) is 64.5 Å². The molecule has 4 saturated heterocycles. The number of hydrogen-bond donors (Lipinski definition) is 2. The quantitative estimate of drug-likeness (QED) is 0.287. The van der Waals surface area contributed by atoms with Crippen LogP contribution in [0.3, 0.4) is 0 Å². The fourth-order valence-corrected chi connectivity index (χ4v) is 8.48. The zero-order valence-electron chi connectivity index (χ0n) is 24.2. The maximum Gasteiger partial charge on any atom is 0.157 e. The van der Waals surface area contributed by atoms with Crippen molar-refractivity contribution in [2.24, 2.45) is 0 Å². The average Bonchev–Trinajstić information content (AvgIpc) is 3.69. The minimum absolute atomic E-state index is 0.0456. The normalized spacial score (nSPS) is 22.9. The molecule has 0 amide bonds. The first kappa shape index (κ1) is 26.8. The molecule has 220 valence electrons. The van der Waals surface area contributed by atoms with Gasteiger partial charge in [-0.2, -0.15) is 0 Å². The fourth-order valence-electron chi connectivity index (χ4n) is 8.48. The number of aromatic hydroxyl groups is 1. The summed E-state index contributed by atoms with van der Waals surface area (Å²) in [5, 5.41) is 15.9. The van der Waals surface area contributed by atoms with Crippen LogP contribution in [0.4, 0.5) is 14.6 Å². The lowest BCUT2D eigenvalue weighted by atomic mass is 9.88. The maximum atomic E-state index is 16.8. The van der Waals surface area contributed by atoms with Crippen LogP contribution in [0.15, 0.2) is 36.4 Å². The van der Waals surface area contributed by atoms with Crippen LogP contribution < -0.4 is 10.2 Å². The lowest BCUT2D eigenvalue weighted by Crippen LogP contribution is -2.51. The molecule has 8 rings (SSSR count). The van der Waals surface area contributed by atoms with Crippen molar-refractivity contribution in [1.82, 2.24) is 20.2 Å². The Balaban J connectivity index is 1.28. The third-order valence-corrected chi connectivity index (χ3v) is 10.5. The number of nitrogens with one attached hydrogen (secondary N) is 1. The minimum atomic E-state index is -0.560. The number of phenols is 1. The monoisotopic (exact) mass is 579 g/mol. The number of anilines is 1. The average molecular weight is 580 g/mol. The number of nitrogens with zero attached hydrogens (tertiary/aromatic N) is 4. The molecule has 1 aromatic heterocycles. The standard InChI is InChI=1S/C35H35F2N5O/c1-2-25-29(36)10-5-21-17-24(43)18-28(31(21)25)26-8-9-27-33(32(26)37)39-30(11-14-35-12-3-15-42(35)16-4-13-35)40-34(27)41-19-22-6-7-23(20-41)38-22/h1,5,8-10,17-18,22-23,38,43H,3-4,6-7,11-16,19-20H2. The van der Waals surface area contributed by atoms with Crippen molar-refractivity contribution in [3.63, 3.8) is 0 Å². The molecule has 5 heterocycles. The van der Waals surface area contributed by atoms with Gasteiger partial charge in [-0.3, -0.25) is 4.90 Å². The number of halogens is 2. The summed E-state index contributed by atoms with van der Waals surface area (Å²) >= 11 is 0. The molecular weight excluding hydrogens is 544 g/mol. The van der Waals surface area contributed by atoms with Gasteiger partial charge in [0.15, 0.2) is 5.82 Å². The number of phenolic OH excluding ortho intramolecular Hbond substituents is 1. The lowest BCUT2D eigenvalue weighted by molar-refractivity contribution is 0.182. The van der Waals surface area contributed by atoms with E-state index in [0.29, 0.717) is 46.1 Å². The van der Waals surface area contributed by atoms with E-state index in [2.05, 4.69) is 21.0 Å². The Bertz CT molecular complexity index is 1790. The summed E-state index contributed by atoms with van der Waals surface area (Å²) in [5.41, 5.74) is 1.08. The molecule has 2 N–H and O–H groups in total. The molecule has 4 fully saturated rings. The zero-order valence-corrected chi connectivity index (χ0v) is 24.2. The second-order valence-corrected chi connectivity index (χ2v) is 12.9. The van der Waals surface area contributed by atoms with Gasteiger partial charge in [-0.1, -0.05) is 18.1 Å². The zero-order chi connectivity index (χ0) is 29.3. The first-order valence-corrected chi connectivity index (χ1v) is 15.6. The Hall–Kier alpha value is -3.80. The van der Waals surface area contributed by atoms with Gasteiger partial charge in [-0.15, -0.1) is 6.42 Å². The number of aryl methyl sites for hydroxylation is 1. The largest absolute Gasteiger partial charge is 0.508 e. The molecule has 4 aromatic rings. The van der Waals surface area contributed by atoms with Crippen LogP contribution >= 0.6 is 0 Å². The van der Waals surface area contributed by atoms with Gasteiger partial charge in [-0.25, -0.2) is 18.7 Å². The van der Waals surface area contributed by atoms with E-state index in [-0.39, 0.29) is 27.9 Å². The molecule has 0 aliphatic carbocycles. The number of benzene rings is 3. The molecule has 0 saturated carbocycles. The highest BCUT2D eigenvalue weighted by atomic mass is 19.1. The Morgan fingerprint density at radius 1 is 1.00 bits per heavy atom. The van der Waals surface area contributed by atoms with E-state index < -0.39 is 11.6 Å². The number of rotatable bonds is 5. The summed E-state index contributed by atoms with van der Waals surface area (Å²) in [7, 11) is 0. The van der Waals surface area contributed by atoms with Crippen LogP contribution in [-0.4, -0.2) is 63.8 Å². The molecule has 8 heteroatoms. The predicted molar refractivity (Wildman–Crippen MR) is 165 cm³/mol. The van der Waals surface area contributed by atoms with E-state index in [1.54, 1.807) is 12.1 Å². The van der Waals surface area contributed by atoms with Gasteiger partial charge in [0.2, 0.25) is 0 Å². The second-order valence-electron chi connectivity index (χ2n) is 12.9. The van der Waals surface area contributed by atoms with Gasteiger partial charge in [0, 0.05) is 53.5 Å². The van der Waals surface area contributed by atoms with Crippen molar-refractivity contribution in [3.8, 4) is 29.2 Å². The molecule has 6 nitrogen and oxygen atoms in total. The Labute approximate surface area is 250 Å². The number of piperazine rings is 1. The summed E-state index contributed by atoms with van der Waals surface area (Å²) in [6.45, 7) is 3.96. The van der Waals surface area contributed by atoms with Crippen molar-refractivity contribution in [3.05, 3.63) is 59.4 Å². The molecule has 0 radical (unpaired) electrons. The molecule has 43 heavy (non-hydrogen) atoms. The number of hydrogen-bond acceptors (Lipinski definition) is 6. The van der Waals surface area contributed by atoms with Gasteiger partial charge in [0.1, 0.15) is 28.7 Å². The summed E-state index contributed by atoms with van der Waals surface area (Å²) in [6.07, 6.45) is 14.5. The molecule has 2 unspecified atom stereocenters. The highest BCUT2D eigenvalue weighted by Gasteiger charge is 2.43. The van der Waals surface area contributed by atoms with Crippen LogP contribution in [-0.2, 0) is 6.42 Å². The van der Waals surface area contributed by atoms with E-state index in [1.807, 2.05) is 6.07 Å². The summed E-state index contributed by atoms with van der Waals surface area (Å²) in [6, 6.07) is 10.2. The smallest absolute Gasteiger partial charge is 0.157 e. The third kappa shape index (κ3) is 4.36. The van der Waals surface area contributed by atoms with E-state index in [4.69, 9.17) is 16.4 Å². The summed E-state index contributed by atoms with van der Waals surface area (Å²) < 4.78 is 31.7. The van der Waals surface area contributed by atoms with Gasteiger partial charge in [-0.05, 0) is 93.3 Å². The highest BCUT2D eigenvalue weighted by molar-refractivity contribution is 6.04. The Kier molecular flexibility index (Phi) is 6.32. The van der Waals surface area contributed by atoms with Crippen LogP contribution in [0.1, 0.15) is 56.3 Å². The molecule has 4 aliphatic rings. The van der Waals surface area contributed by atoms with Crippen molar-refractivity contribution in [2.75, 3.05) is 31.1 Å². The molecule has 2 bridgehead atoms. The van der Waals surface area contributed by atoms with E-state index in [1.165, 1.54) is 43.9 Å². The van der Waals surface area contributed by atoms with Crippen LogP contribution in [0, 0.1) is 24.0 Å². The van der Waals surface area contributed by atoms with Crippen molar-refractivity contribution >= 4 is 27.5 Å². The third-order valence-electron chi connectivity index (χ3n) is 10.5. The van der Waals surface area contributed by atoms with Crippen LogP contribution in [0.25, 0.3) is 32.8 Å². The van der Waals surface area contributed by atoms with Crippen molar-refractivity contribution in [2.45, 2.75) is 69.0 Å². The van der Waals surface area contributed by atoms with Gasteiger partial charge in [0.05, 0.1) is 5.56 Å². The Morgan fingerprint density at radius 3 is 2.51 bits per heavy atom.